The summed E-state index contributed by atoms with van der Waals surface area (Å²) >= 11 is 0. The number of benzene rings is 2. The molecule has 22 heteroatoms. The van der Waals surface area contributed by atoms with Crippen molar-refractivity contribution in [3.63, 3.8) is 0 Å². The first-order valence-corrected chi connectivity index (χ1v) is 25.9. The lowest BCUT2D eigenvalue weighted by atomic mass is 9.76. The fourth-order valence-electron chi connectivity index (χ4n) is 11.2. The molecule has 4 heterocycles. The number of aliphatic hydroxyl groups is 8. The number of aliphatic carboxylic acids is 1. The van der Waals surface area contributed by atoms with Crippen LogP contribution in [0.15, 0.2) is 60.8 Å². The van der Waals surface area contributed by atoms with Gasteiger partial charge in [0.25, 0.3) is 0 Å². The molecule has 3 aromatic rings. The minimum atomic E-state index is -1.72. The average molecular weight is 1040 g/mol. The molecule has 1 aromatic heterocycles. The number of hydrogen-bond donors (Lipinski definition) is 9. The Morgan fingerprint density at radius 3 is 2.16 bits per heavy atom. The van der Waals surface area contributed by atoms with Gasteiger partial charge in [0.15, 0.2) is 31.1 Å². The van der Waals surface area contributed by atoms with Crippen molar-refractivity contribution in [3.05, 3.63) is 71.9 Å². The summed E-state index contributed by atoms with van der Waals surface area (Å²) in [6.45, 7) is 3.81. The molecule has 5 fully saturated rings. The Bertz CT molecular complexity index is 2250. The predicted molar refractivity (Wildman–Crippen MR) is 256 cm³/mol. The van der Waals surface area contributed by atoms with Crippen LogP contribution in [0.3, 0.4) is 0 Å². The van der Waals surface area contributed by atoms with Crippen LogP contribution in [0.5, 0.6) is 0 Å². The molecule has 410 valence electrons. The van der Waals surface area contributed by atoms with Gasteiger partial charge in [0, 0.05) is 5.56 Å². The first-order chi connectivity index (χ1) is 35.6. The maximum Gasteiger partial charge on any atom is 0.338 e. The van der Waals surface area contributed by atoms with Crippen molar-refractivity contribution in [2.75, 3.05) is 19.8 Å². The third-order valence-corrected chi connectivity index (χ3v) is 15.4. The summed E-state index contributed by atoms with van der Waals surface area (Å²) in [5, 5.41) is 108. The molecule has 9 N–H and O–H groups in total. The number of nitrogens with zero attached hydrogens (tertiary/aromatic N) is 3. The molecule has 3 saturated heterocycles. The van der Waals surface area contributed by atoms with Gasteiger partial charge in [-0.25, -0.2) is 14.3 Å². The number of hydrogen-bond acceptors (Lipinski definition) is 20. The van der Waals surface area contributed by atoms with Gasteiger partial charge in [-0.2, -0.15) is 0 Å². The molecule has 20 atom stereocenters. The fraction of sp³-hybridized carbons (Fsp3) is 0.692. The zero-order valence-corrected chi connectivity index (χ0v) is 41.8. The van der Waals surface area contributed by atoms with E-state index < -0.39 is 147 Å². The van der Waals surface area contributed by atoms with E-state index in [1.165, 1.54) is 23.7 Å². The van der Waals surface area contributed by atoms with Crippen LogP contribution in [0.1, 0.15) is 93.6 Å². The van der Waals surface area contributed by atoms with Crippen LogP contribution in [-0.2, 0) is 42.7 Å². The van der Waals surface area contributed by atoms with E-state index in [2.05, 4.69) is 10.3 Å². The van der Waals surface area contributed by atoms with Crippen molar-refractivity contribution >= 4 is 11.9 Å². The standard InChI is InChI=1S/C52H73N3O19/c1-4-30-19-29(25-67-50-42(61)38(40(59)36(23-56)71-50)55-22-33(53-54-55)32-17-11-12-26(2)18-32)21-34(45(30)74-51-44(63)43(62)39(58)27(3)68-51)70-52-47(73-49(66)31-15-9-6-10-16-31)46(41(60)37(24-57)72-52)69-35(48(64)65)20-28-13-7-5-8-14-28/h6,9-12,15-18,22,27-30,34-47,50-52,56-63H,4-5,7-8,13-14,19-21,23-25H2,1-3H3,(H,64,65)/t27?,29?,30?,34-,35+,36?,37+,38?,39-,40-,41+,42?,43+,44?,45-,46?,47?,50+,51+,52-/m1/s1. The quantitative estimate of drug-likeness (QED) is 0.0766. The van der Waals surface area contributed by atoms with Crippen molar-refractivity contribution in [1.29, 1.82) is 0 Å². The number of aryl methyl sites for hydroxylation is 1. The zero-order valence-electron chi connectivity index (χ0n) is 41.8. The summed E-state index contributed by atoms with van der Waals surface area (Å²) in [4.78, 5) is 26.9. The van der Waals surface area contributed by atoms with Crippen molar-refractivity contribution < 1.29 is 93.4 Å². The van der Waals surface area contributed by atoms with Crippen LogP contribution in [0.2, 0.25) is 0 Å². The van der Waals surface area contributed by atoms with Crippen LogP contribution in [0.4, 0.5) is 0 Å². The lowest BCUT2D eigenvalue weighted by molar-refractivity contribution is -0.351. The maximum atomic E-state index is 14.0. The van der Waals surface area contributed by atoms with Crippen LogP contribution >= 0.6 is 0 Å². The largest absolute Gasteiger partial charge is 0.479 e. The normalized spacial score (nSPS) is 37.5. The SMILES string of the molecule is CCC1CC(CO[C@H]2OC(CO)[C@@H](O)C(n3cc(-c4cccc(C)c4)nn3)C2O)C[C@@H](O[C@@H]2O[C@@H](CO)[C@H](O)C(O[C@@H](CC3CCCCC3)C(=O)O)C2OC(=O)c2ccccc2)[C@@H]1O[C@@H]1OC(C)[C@@H](O)[C@H](O)C1O. The smallest absolute Gasteiger partial charge is 0.338 e. The summed E-state index contributed by atoms with van der Waals surface area (Å²) in [6.07, 6.45) is -17.4. The second kappa shape index (κ2) is 25.4. The number of aromatic nitrogens is 3. The molecular weight excluding hydrogens is 971 g/mol. The van der Waals surface area contributed by atoms with E-state index in [1.54, 1.807) is 24.4 Å². The number of carbonyl (C=O) groups is 2. The molecule has 22 nitrogen and oxygen atoms in total. The highest BCUT2D eigenvalue weighted by Crippen LogP contribution is 2.42. The summed E-state index contributed by atoms with van der Waals surface area (Å²) in [6, 6.07) is 14.4. The Balaban J connectivity index is 1.09. The number of rotatable bonds is 19. The highest BCUT2D eigenvalue weighted by molar-refractivity contribution is 5.89. The van der Waals surface area contributed by atoms with Gasteiger partial charge < -0.3 is 83.9 Å². The highest BCUT2D eigenvalue weighted by atomic mass is 16.7. The summed E-state index contributed by atoms with van der Waals surface area (Å²) < 4.78 is 51.6. The number of carbonyl (C=O) groups excluding carboxylic acids is 1. The third-order valence-electron chi connectivity index (χ3n) is 15.4. The van der Waals surface area contributed by atoms with E-state index in [0.717, 1.165) is 43.2 Å². The topological polar surface area (TPSA) is 321 Å². The molecule has 0 bridgehead atoms. The number of aliphatic hydroxyl groups excluding tert-OH is 8. The summed E-state index contributed by atoms with van der Waals surface area (Å²) in [5.74, 6) is -3.06. The van der Waals surface area contributed by atoms with E-state index in [4.69, 9.17) is 37.9 Å². The molecule has 9 unspecified atom stereocenters. The first kappa shape index (κ1) is 56.1. The van der Waals surface area contributed by atoms with Crippen LogP contribution in [0.25, 0.3) is 11.3 Å². The van der Waals surface area contributed by atoms with Crippen LogP contribution < -0.4 is 0 Å². The molecule has 2 aliphatic carbocycles. The number of ether oxygens (including phenoxy) is 8. The van der Waals surface area contributed by atoms with Gasteiger partial charge >= 0.3 is 11.9 Å². The monoisotopic (exact) mass is 1040 g/mol. The first-order valence-electron chi connectivity index (χ1n) is 25.9. The maximum absolute atomic E-state index is 14.0. The molecular formula is C52H73N3O19. The Kier molecular flexibility index (Phi) is 19.3. The van der Waals surface area contributed by atoms with Gasteiger partial charge in [0.05, 0.1) is 49.9 Å². The van der Waals surface area contributed by atoms with Gasteiger partial charge in [-0.05, 0) is 69.1 Å². The van der Waals surface area contributed by atoms with Crippen molar-refractivity contribution in [2.24, 2.45) is 17.8 Å². The van der Waals surface area contributed by atoms with Gasteiger partial charge in [-0.1, -0.05) is 92.6 Å². The molecule has 2 saturated carbocycles. The lowest BCUT2D eigenvalue weighted by Gasteiger charge is -2.49. The molecule has 74 heavy (non-hydrogen) atoms. The molecule has 2 aromatic carbocycles. The van der Waals surface area contributed by atoms with Crippen molar-refractivity contribution in [2.45, 2.75) is 189 Å². The van der Waals surface area contributed by atoms with E-state index in [-0.39, 0.29) is 30.9 Å². The Morgan fingerprint density at radius 1 is 0.757 bits per heavy atom. The number of carboxylic acids is 1. The third kappa shape index (κ3) is 12.8. The summed E-state index contributed by atoms with van der Waals surface area (Å²) in [7, 11) is 0. The molecule has 0 spiro atoms. The molecule has 8 rings (SSSR count). The van der Waals surface area contributed by atoms with E-state index in [1.807, 2.05) is 38.1 Å². The van der Waals surface area contributed by atoms with Crippen molar-refractivity contribution in [3.8, 4) is 11.3 Å². The predicted octanol–water partition coefficient (Wildman–Crippen LogP) is 1.40. The zero-order chi connectivity index (χ0) is 52.8. The van der Waals surface area contributed by atoms with Gasteiger partial charge in [-0.15, -0.1) is 5.10 Å². The number of esters is 1. The Hall–Kier alpha value is -4.08. The van der Waals surface area contributed by atoms with E-state index in [0.29, 0.717) is 18.5 Å². The minimum Gasteiger partial charge on any atom is -0.479 e. The van der Waals surface area contributed by atoms with Gasteiger partial charge in [0.2, 0.25) is 0 Å². The van der Waals surface area contributed by atoms with Crippen LogP contribution in [-0.4, -0.2) is 197 Å². The highest BCUT2D eigenvalue weighted by Gasteiger charge is 2.54. The van der Waals surface area contributed by atoms with Crippen LogP contribution in [0, 0.1) is 24.7 Å². The van der Waals surface area contributed by atoms with Crippen molar-refractivity contribution in [1.82, 2.24) is 15.0 Å². The Morgan fingerprint density at radius 2 is 1.47 bits per heavy atom. The summed E-state index contributed by atoms with van der Waals surface area (Å²) in [5.41, 5.74) is 2.35. The average Bonchev–Trinajstić information content (AvgIpc) is 3.89. The minimum absolute atomic E-state index is 0.0165. The molecule has 0 amide bonds. The molecule has 3 aliphatic heterocycles. The van der Waals surface area contributed by atoms with E-state index >= 15 is 0 Å². The number of carboxylic acid groups (broad SMARTS) is 1. The van der Waals surface area contributed by atoms with Gasteiger partial charge in [0.1, 0.15) is 66.7 Å². The van der Waals surface area contributed by atoms with Gasteiger partial charge in [-0.3, -0.25) is 0 Å². The molecule has 5 aliphatic rings. The second-order valence-corrected chi connectivity index (χ2v) is 20.6. The van der Waals surface area contributed by atoms with E-state index in [9.17, 15) is 55.5 Å². The molecule has 0 radical (unpaired) electrons. The fourth-order valence-corrected chi connectivity index (χ4v) is 11.2. The Labute approximate surface area is 429 Å². The second-order valence-electron chi connectivity index (χ2n) is 20.6. The lowest BCUT2D eigenvalue weighted by Crippen LogP contribution is -2.64.